The van der Waals surface area contributed by atoms with Crippen molar-refractivity contribution in [2.24, 2.45) is 0 Å². The molecular formula is C46H85NO8. The Bertz CT molecular complexity index is 956. The van der Waals surface area contributed by atoms with E-state index in [0.29, 0.717) is 6.42 Å². The van der Waals surface area contributed by atoms with Gasteiger partial charge >= 0.3 is 0 Å². The van der Waals surface area contributed by atoms with Crippen molar-refractivity contribution in [3.8, 4) is 0 Å². The molecule has 1 amide bonds. The van der Waals surface area contributed by atoms with Gasteiger partial charge in [-0.3, -0.25) is 4.79 Å². The van der Waals surface area contributed by atoms with Crippen molar-refractivity contribution in [1.82, 2.24) is 5.32 Å². The fourth-order valence-corrected chi connectivity index (χ4v) is 7.01. The standard InChI is InChI=1S/C46H85NO8/c1-3-5-7-9-10-11-12-13-14-15-16-17-18-19-20-21-22-23-24-25-26-27-28-29-30-32-34-36-42(50)47-39(40(49)35-33-31-8-6-4-2)38-54-46-45(53)44(52)43(51)41(37-48)55-46/h12-13,15-16,33,35,39-41,43-46,48-49,51-53H,3-11,14,17-32,34,36-38H2,1-2H3,(H,47,50)/b13-12-,16-15-,35-33+. The zero-order chi connectivity index (χ0) is 40.2. The number of unbranched alkanes of at least 4 members (excludes halogenated alkanes) is 23. The van der Waals surface area contributed by atoms with E-state index >= 15 is 0 Å². The van der Waals surface area contributed by atoms with E-state index in [4.69, 9.17) is 9.47 Å². The van der Waals surface area contributed by atoms with Crippen LogP contribution in [0.4, 0.5) is 0 Å². The summed E-state index contributed by atoms with van der Waals surface area (Å²) in [6.45, 7) is 3.64. The average molecular weight is 780 g/mol. The Kier molecular flexibility index (Phi) is 34.3. The number of hydrogen-bond donors (Lipinski definition) is 6. The molecule has 1 fully saturated rings. The monoisotopic (exact) mass is 780 g/mol. The van der Waals surface area contributed by atoms with Crippen LogP contribution in [0.15, 0.2) is 36.5 Å². The van der Waals surface area contributed by atoms with Gasteiger partial charge in [0, 0.05) is 6.42 Å². The fraction of sp³-hybridized carbons (Fsp3) is 0.848. The molecule has 9 nitrogen and oxygen atoms in total. The number of amides is 1. The molecule has 322 valence electrons. The van der Waals surface area contributed by atoms with E-state index in [1.165, 1.54) is 122 Å². The molecule has 0 aromatic heterocycles. The van der Waals surface area contributed by atoms with E-state index in [-0.39, 0.29) is 12.5 Å². The van der Waals surface area contributed by atoms with Crippen LogP contribution in [0.1, 0.15) is 194 Å². The summed E-state index contributed by atoms with van der Waals surface area (Å²) in [6, 6.07) is -0.799. The van der Waals surface area contributed by atoms with Crippen LogP contribution in [0.2, 0.25) is 0 Å². The van der Waals surface area contributed by atoms with Gasteiger partial charge in [0.1, 0.15) is 24.4 Å². The topological polar surface area (TPSA) is 149 Å². The van der Waals surface area contributed by atoms with Crippen molar-refractivity contribution in [3.05, 3.63) is 36.5 Å². The quantitative estimate of drug-likeness (QED) is 0.0270. The van der Waals surface area contributed by atoms with E-state index < -0.39 is 49.5 Å². The molecule has 55 heavy (non-hydrogen) atoms. The summed E-state index contributed by atoms with van der Waals surface area (Å²) in [4.78, 5) is 12.8. The lowest BCUT2D eigenvalue weighted by Gasteiger charge is -2.40. The number of carbonyl (C=O) groups is 1. The number of allylic oxidation sites excluding steroid dienone is 5. The van der Waals surface area contributed by atoms with Crippen LogP contribution in [-0.2, 0) is 14.3 Å². The van der Waals surface area contributed by atoms with Gasteiger partial charge in [0.2, 0.25) is 5.91 Å². The summed E-state index contributed by atoms with van der Waals surface area (Å²) in [5.41, 5.74) is 0. The largest absolute Gasteiger partial charge is 0.394 e. The van der Waals surface area contributed by atoms with Crippen LogP contribution >= 0.6 is 0 Å². The molecular weight excluding hydrogens is 695 g/mol. The first-order valence-electron chi connectivity index (χ1n) is 22.7. The van der Waals surface area contributed by atoms with E-state index in [0.717, 1.165) is 51.4 Å². The third kappa shape index (κ3) is 27.6. The summed E-state index contributed by atoms with van der Waals surface area (Å²) in [6.07, 6.45) is 38.3. The second kappa shape index (κ2) is 36.7. The molecule has 1 aliphatic rings. The first-order chi connectivity index (χ1) is 26.8. The lowest BCUT2D eigenvalue weighted by molar-refractivity contribution is -0.302. The van der Waals surface area contributed by atoms with Gasteiger partial charge in [-0.05, 0) is 51.4 Å². The Morgan fingerprint density at radius 3 is 1.60 bits per heavy atom. The second-order valence-electron chi connectivity index (χ2n) is 15.8. The van der Waals surface area contributed by atoms with Crippen LogP contribution in [0.3, 0.4) is 0 Å². The molecule has 7 unspecified atom stereocenters. The number of ether oxygens (including phenoxy) is 2. The zero-order valence-corrected chi connectivity index (χ0v) is 35.2. The maximum absolute atomic E-state index is 12.8. The molecule has 1 saturated heterocycles. The number of hydrogen-bond acceptors (Lipinski definition) is 8. The van der Waals surface area contributed by atoms with Gasteiger partial charge in [0.15, 0.2) is 6.29 Å². The van der Waals surface area contributed by atoms with E-state index in [1.807, 2.05) is 6.08 Å². The molecule has 0 aliphatic carbocycles. The molecule has 1 heterocycles. The number of carbonyl (C=O) groups excluding carboxylic acids is 1. The van der Waals surface area contributed by atoms with Crippen molar-refractivity contribution in [3.63, 3.8) is 0 Å². The van der Waals surface area contributed by atoms with Gasteiger partial charge in [0.25, 0.3) is 0 Å². The van der Waals surface area contributed by atoms with Crippen LogP contribution in [0, 0.1) is 0 Å². The minimum absolute atomic E-state index is 0.185. The molecule has 0 radical (unpaired) electrons. The van der Waals surface area contributed by atoms with E-state index in [2.05, 4.69) is 43.5 Å². The molecule has 0 bridgehead atoms. The summed E-state index contributed by atoms with van der Waals surface area (Å²) in [7, 11) is 0. The molecule has 1 rings (SSSR count). The highest BCUT2D eigenvalue weighted by molar-refractivity contribution is 5.76. The minimum Gasteiger partial charge on any atom is -0.394 e. The summed E-state index contributed by atoms with van der Waals surface area (Å²) >= 11 is 0. The van der Waals surface area contributed by atoms with Gasteiger partial charge in [-0.25, -0.2) is 0 Å². The maximum Gasteiger partial charge on any atom is 0.220 e. The maximum atomic E-state index is 12.8. The lowest BCUT2D eigenvalue weighted by atomic mass is 9.99. The van der Waals surface area contributed by atoms with Crippen LogP contribution in [0.25, 0.3) is 0 Å². The van der Waals surface area contributed by atoms with Crippen LogP contribution in [-0.4, -0.2) is 87.5 Å². The molecule has 6 N–H and O–H groups in total. The van der Waals surface area contributed by atoms with Crippen molar-refractivity contribution in [2.45, 2.75) is 236 Å². The van der Waals surface area contributed by atoms with Crippen LogP contribution in [0.5, 0.6) is 0 Å². The van der Waals surface area contributed by atoms with Gasteiger partial charge in [-0.2, -0.15) is 0 Å². The second-order valence-corrected chi connectivity index (χ2v) is 15.8. The van der Waals surface area contributed by atoms with E-state index in [9.17, 15) is 30.3 Å². The summed E-state index contributed by atoms with van der Waals surface area (Å²) < 4.78 is 11.1. The number of aliphatic hydroxyl groups excluding tert-OH is 5. The summed E-state index contributed by atoms with van der Waals surface area (Å²) in [5, 5.41) is 53.7. The Hall–Kier alpha value is -1.59. The normalized spacial score (nSPS) is 21.6. The Morgan fingerprint density at radius 1 is 0.618 bits per heavy atom. The molecule has 0 aromatic carbocycles. The third-order valence-corrected chi connectivity index (χ3v) is 10.7. The number of aliphatic hydroxyl groups is 5. The average Bonchev–Trinajstić information content (AvgIpc) is 3.18. The smallest absolute Gasteiger partial charge is 0.220 e. The van der Waals surface area contributed by atoms with Gasteiger partial charge in [-0.1, -0.05) is 172 Å². The fourth-order valence-electron chi connectivity index (χ4n) is 7.01. The Morgan fingerprint density at radius 2 is 1.07 bits per heavy atom. The molecule has 7 atom stereocenters. The minimum atomic E-state index is -1.56. The first-order valence-corrected chi connectivity index (χ1v) is 22.7. The first kappa shape index (κ1) is 51.4. The SMILES string of the molecule is CCCCC/C=C/C(O)C(COC1OC(CO)C(O)C(O)C1O)NC(=O)CCCCCCCCCCCCCCCCC/C=C\C/C=C\CCCCCCC. The van der Waals surface area contributed by atoms with Gasteiger partial charge < -0.3 is 40.3 Å². The van der Waals surface area contributed by atoms with Crippen LogP contribution < -0.4 is 5.32 Å². The lowest BCUT2D eigenvalue weighted by Crippen LogP contribution is -2.60. The van der Waals surface area contributed by atoms with Crippen molar-refractivity contribution < 1.29 is 39.8 Å². The zero-order valence-electron chi connectivity index (χ0n) is 35.2. The van der Waals surface area contributed by atoms with Gasteiger partial charge in [0.05, 0.1) is 25.4 Å². The molecule has 9 heteroatoms. The predicted octanol–water partition coefficient (Wildman–Crippen LogP) is 9.28. The number of nitrogens with one attached hydrogen (secondary N) is 1. The highest BCUT2D eigenvalue weighted by atomic mass is 16.7. The molecule has 1 aliphatic heterocycles. The van der Waals surface area contributed by atoms with Crippen molar-refractivity contribution in [2.75, 3.05) is 13.2 Å². The summed E-state index contributed by atoms with van der Waals surface area (Å²) in [5.74, 6) is -0.185. The molecule has 0 aromatic rings. The van der Waals surface area contributed by atoms with Crippen molar-refractivity contribution in [1.29, 1.82) is 0 Å². The Labute approximate surface area is 336 Å². The molecule has 0 saturated carbocycles. The highest BCUT2D eigenvalue weighted by Gasteiger charge is 2.44. The number of rotatable bonds is 37. The highest BCUT2D eigenvalue weighted by Crippen LogP contribution is 2.22. The Balaban J connectivity index is 2.10. The van der Waals surface area contributed by atoms with Gasteiger partial charge in [-0.15, -0.1) is 0 Å². The molecule has 0 spiro atoms. The predicted molar refractivity (Wildman–Crippen MR) is 226 cm³/mol. The third-order valence-electron chi connectivity index (χ3n) is 10.7. The van der Waals surface area contributed by atoms with E-state index in [1.54, 1.807) is 6.08 Å². The van der Waals surface area contributed by atoms with Crippen molar-refractivity contribution >= 4 is 5.91 Å².